The molecule has 2 unspecified atom stereocenters. The van der Waals surface area contributed by atoms with E-state index in [9.17, 15) is 19.5 Å². The van der Waals surface area contributed by atoms with Crippen LogP contribution in [0.4, 0.5) is 10.7 Å². The molecule has 6 N–H and O–H groups in total. The quantitative estimate of drug-likeness (QED) is 0.0804. The molecule has 0 aliphatic rings. The molecule has 6 aromatic rings. The lowest BCUT2D eigenvalue weighted by atomic mass is 9.95. The Labute approximate surface area is 335 Å². The monoisotopic (exact) mass is 788 g/mol. The van der Waals surface area contributed by atoms with Gasteiger partial charge in [-0.1, -0.05) is 59.8 Å². The van der Waals surface area contributed by atoms with Gasteiger partial charge in [0.1, 0.15) is 23.9 Å². The van der Waals surface area contributed by atoms with Crippen LogP contribution >= 0.6 is 0 Å². The van der Waals surface area contributed by atoms with Crippen LogP contribution in [0.5, 0.6) is 5.75 Å². The first-order chi connectivity index (χ1) is 27.9. The number of imidazole rings is 2. The molecule has 0 saturated heterocycles. The molecule has 16 nitrogen and oxygen atoms in total. The van der Waals surface area contributed by atoms with E-state index in [1.165, 1.54) is 0 Å². The third-order valence-electron chi connectivity index (χ3n) is 9.89. The van der Waals surface area contributed by atoms with Crippen molar-refractivity contribution >= 4 is 23.9 Å². The lowest BCUT2D eigenvalue weighted by molar-refractivity contribution is -0.130. The molecular weight excluding hydrogens is 741 g/mol. The number of rotatable bonds is 18. The van der Waals surface area contributed by atoms with Crippen molar-refractivity contribution < 1.29 is 28.8 Å². The lowest BCUT2D eigenvalue weighted by Gasteiger charge is -2.25. The van der Waals surface area contributed by atoms with Crippen LogP contribution in [0.25, 0.3) is 11.1 Å². The normalized spacial score (nSPS) is 12.7. The van der Waals surface area contributed by atoms with Gasteiger partial charge in [-0.15, -0.1) is 0 Å². The molecule has 3 aromatic heterocycles. The minimum Gasteiger partial charge on any atom is -0.497 e. The van der Waals surface area contributed by atoms with Gasteiger partial charge < -0.3 is 45.2 Å². The minimum atomic E-state index is -1.38. The highest BCUT2D eigenvalue weighted by Gasteiger charge is 2.31. The number of carboxylic acid groups (broad SMARTS) is 1. The number of benzene rings is 3. The average molecular weight is 789 g/mol. The van der Waals surface area contributed by atoms with E-state index in [2.05, 4.69) is 43.2 Å². The predicted molar refractivity (Wildman–Crippen MR) is 216 cm³/mol. The number of anilines is 1. The number of carbonyl (C=O) groups excluding carboxylic acids is 2. The third-order valence-corrected chi connectivity index (χ3v) is 9.89. The summed E-state index contributed by atoms with van der Waals surface area (Å²) in [5.74, 6) is 0.353. The van der Waals surface area contributed by atoms with Crippen LogP contribution in [0, 0.1) is 13.8 Å². The summed E-state index contributed by atoms with van der Waals surface area (Å²) >= 11 is 0. The second-order valence-electron chi connectivity index (χ2n) is 14.2. The van der Waals surface area contributed by atoms with Crippen molar-refractivity contribution in [3.63, 3.8) is 0 Å². The predicted octanol–water partition coefficient (Wildman–Crippen LogP) is 4.71. The highest BCUT2D eigenvalue weighted by atomic mass is 16.5. The number of nitrogen functional groups attached to an aromatic ring is 1. The van der Waals surface area contributed by atoms with E-state index in [0.29, 0.717) is 42.6 Å². The van der Waals surface area contributed by atoms with Gasteiger partial charge in [0.15, 0.2) is 11.8 Å². The smallest absolute Gasteiger partial charge is 0.405 e. The Morgan fingerprint density at radius 3 is 2.26 bits per heavy atom. The molecule has 0 aliphatic heterocycles. The SMILES string of the molecule is COc1cc(C)c(CC(NC(=O)C(CCCn2ccnc2N)NC(=O)O)C(=O)N[C@@H](Cc2cn(C)cn2)c2nc(Cc3ccc(-c4ccccc4)cc3)no2)c(C)c1. The molecule has 0 fully saturated rings. The van der Waals surface area contributed by atoms with Crippen molar-refractivity contribution in [1.29, 1.82) is 0 Å². The van der Waals surface area contributed by atoms with E-state index in [0.717, 1.165) is 33.4 Å². The average Bonchev–Trinajstić information content (AvgIpc) is 3.96. The van der Waals surface area contributed by atoms with Crippen molar-refractivity contribution in [2.75, 3.05) is 12.8 Å². The molecule has 3 heterocycles. The molecule has 6 rings (SSSR count). The van der Waals surface area contributed by atoms with Crippen LogP contribution in [-0.2, 0) is 42.4 Å². The second-order valence-corrected chi connectivity index (χ2v) is 14.2. The Morgan fingerprint density at radius 1 is 0.914 bits per heavy atom. The number of ether oxygens (including phenoxy) is 1. The zero-order chi connectivity index (χ0) is 41.2. The van der Waals surface area contributed by atoms with Crippen molar-refractivity contribution in [2.24, 2.45) is 7.05 Å². The molecule has 3 aromatic carbocycles. The summed E-state index contributed by atoms with van der Waals surface area (Å²) in [5.41, 5.74) is 12.3. The summed E-state index contributed by atoms with van der Waals surface area (Å²) in [6, 6.07) is 18.8. The molecule has 0 bridgehead atoms. The van der Waals surface area contributed by atoms with Gasteiger partial charge in [0, 0.05) is 51.4 Å². The number of amides is 3. The summed E-state index contributed by atoms with van der Waals surface area (Å²) in [5, 5.41) is 22.1. The summed E-state index contributed by atoms with van der Waals surface area (Å²) in [6.07, 6.45) is 6.59. The van der Waals surface area contributed by atoms with E-state index in [-0.39, 0.29) is 25.2 Å². The van der Waals surface area contributed by atoms with Gasteiger partial charge in [-0.05, 0) is 72.2 Å². The number of nitrogens with zero attached hydrogens (tertiary/aromatic N) is 6. The molecule has 0 saturated carbocycles. The van der Waals surface area contributed by atoms with E-state index < -0.39 is 36.0 Å². The molecular formula is C42H48N10O6. The standard InChI is InChI=1S/C42H48N10O6/c1-26-19-32(57-4)20-27(2)33(26)23-35(46-38(53)34(48-42(55)56)11-8-17-52-18-16-44-41(52)43)39(54)47-36(22-31-24-51(3)25-45-31)40-49-37(50-58-40)21-28-12-14-30(15-13-28)29-9-6-5-7-10-29/h5-7,9-10,12-16,18-20,24-25,34-36,48H,8,11,17,21-23H2,1-4H3,(H2,43,44)(H,46,53)(H,47,54)(H,55,56)/t34?,35?,36-/m0/s1. The lowest BCUT2D eigenvalue weighted by Crippen LogP contribution is -2.55. The zero-order valence-electron chi connectivity index (χ0n) is 32.9. The topological polar surface area (TPSA) is 217 Å². The number of nitrogens with two attached hydrogens (primary N) is 1. The third kappa shape index (κ3) is 10.7. The van der Waals surface area contributed by atoms with Crippen molar-refractivity contribution in [3.8, 4) is 16.9 Å². The van der Waals surface area contributed by atoms with Gasteiger partial charge in [0.25, 0.3) is 0 Å². The number of hydrogen-bond acceptors (Lipinski definition) is 10. The van der Waals surface area contributed by atoms with Gasteiger partial charge >= 0.3 is 6.09 Å². The number of carbonyl (C=O) groups is 3. The van der Waals surface area contributed by atoms with Crippen LogP contribution in [0.2, 0.25) is 0 Å². The Balaban J connectivity index is 1.24. The Bertz CT molecular complexity index is 2290. The fourth-order valence-electron chi connectivity index (χ4n) is 6.86. The number of methoxy groups -OCH3 is 1. The minimum absolute atomic E-state index is 0.0922. The Hall–Kier alpha value is -6.97. The van der Waals surface area contributed by atoms with Crippen molar-refractivity contribution in [1.82, 2.24) is 45.2 Å². The summed E-state index contributed by atoms with van der Waals surface area (Å²) in [6.45, 7) is 4.21. The summed E-state index contributed by atoms with van der Waals surface area (Å²) in [4.78, 5) is 53.4. The Kier molecular flexibility index (Phi) is 13.2. The first kappa shape index (κ1) is 40.7. The molecule has 3 atom stereocenters. The van der Waals surface area contributed by atoms with Crippen LogP contribution in [-0.4, -0.2) is 71.5 Å². The maximum atomic E-state index is 14.5. The van der Waals surface area contributed by atoms with Gasteiger partial charge in [-0.3, -0.25) is 9.59 Å². The highest BCUT2D eigenvalue weighted by molar-refractivity contribution is 5.91. The van der Waals surface area contributed by atoms with Gasteiger partial charge in [0.2, 0.25) is 17.7 Å². The van der Waals surface area contributed by atoms with Crippen LogP contribution < -0.4 is 26.4 Å². The van der Waals surface area contributed by atoms with E-state index in [1.54, 1.807) is 35.0 Å². The number of hydrogen-bond donors (Lipinski definition) is 5. The second kappa shape index (κ2) is 18.8. The van der Waals surface area contributed by atoms with E-state index in [1.807, 2.05) is 81.7 Å². The first-order valence-corrected chi connectivity index (χ1v) is 18.9. The van der Waals surface area contributed by atoms with Gasteiger partial charge in [0.05, 0.1) is 19.1 Å². The number of aromatic nitrogens is 6. The number of aryl methyl sites for hydroxylation is 4. The fraction of sp³-hybridized carbons (Fsp3) is 0.310. The zero-order valence-corrected chi connectivity index (χ0v) is 32.9. The molecule has 16 heteroatoms. The van der Waals surface area contributed by atoms with Crippen LogP contribution in [0.15, 0.2) is 96.2 Å². The summed E-state index contributed by atoms with van der Waals surface area (Å²) < 4.78 is 14.7. The maximum Gasteiger partial charge on any atom is 0.405 e. The fourth-order valence-corrected chi connectivity index (χ4v) is 6.86. The first-order valence-electron chi connectivity index (χ1n) is 18.9. The van der Waals surface area contributed by atoms with Crippen molar-refractivity contribution in [2.45, 2.75) is 70.6 Å². The molecule has 58 heavy (non-hydrogen) atoms. The Morgan fingerprint density at radius 2 is 1.62 bits per heavy atom. The summed E-state index contributed by atoms with van der Waals surface area (Å²) in [7, 11) is 3.42. The number of nitrogens with one attached hydrogen (secondary N) is 3. The molecule has 0 spiro atoms. The van der Waals surface area contributed by atoms with Gasteiger partial charge in [-0.2, -0.15) is 4.98 Å². The molecule has 0 aliphatic carbocycles. The van der Waals surface area contributed by atoms with E-state index >= 15 is 0 Å². The maximum absolute atomic E-state index is 14.5. The van der Waals surface area contributed by atoms with Crippen molar-refractivity contribution in [3.05, 3.63) is 131 Å². The molecule has 302 valence electrons. The molecule has 0 radical (unpaired) electrons. The van der Waals surface area contributed by atoms with Crippen LogP contribution in [0.1, 0.15) is 58.5 Å². The molecule has 3 amide bonds. The van der Waals surface area contributed by atoms with Crippen LogP contribution in [0.3, 0.4) is 0 Å². The highest BCUT2D eigenvalue weighted by Crippen LogP contribution is 2.25. The van der Waals surface area contributed by atoms with Gasteiger partial charge in [-0.25, -0.2) is 14.8 Å². The largest absolute Gasteiger partial charge is 0.497 e. The van der Waals surface area contributed by atoms with E-state index in [4.69, 9.17) is 20.0 Å².